The Morgan fingerprint density at radius 3 is 1.97 bits per heavy atom. The summed E-state index contributed by atoms with van der Waals surface area (Å²) in [5, 5.41) is 8.77. The number of ether oxygens (including phenoxy) is 1. The van der Waals surface area contributed by atoms with Crippen molar-refractivity contribution in [3.63, 3.8) is 0 Å². The van der Waals surface area contributed by atoms with Gasteiger partial charge in [0.25, 0.3) is 0 Å². The van der Waals surface area contributed by atoms with Gasteiger partial charge in [0.15, 0.2) is 0 Å². The summed E-state index contributed by atoms with van der Waals surface area (Å²) >= 11 is 0. The molecule has 0 aliphatic rings. The summed E-state index contributed by atoms with van der Waals surface area (Å²) in [6, 6.07) is 0. The Hall–Kier alpha value is -1.14. The lowest BCUT2D eigenvalue weighted by atomic mass is 9.99. The van der Waals surface area contributed by atoms with Gasteiger partial charge in [0.1, 0.15) is 0 Å². The minimum Gasteiger partial charge on any atom is -0.375 e. The van der Waals surface area contributed by atoms with Crippen molar-refractivity contribution < 1.29 is 14.3 Å². The molecule has 0 fully saturated rings. The normalized spacial score (nSPS) is 11.0. The van der Waals surface area contributed by atoms with Crippen LogP contribution in [0.4, 0.5) is 0 Å². The third kappa shape index (κ3) is 23.0. The summed E-state index contributed by atoms with van der Waals surface area (Å²) in [7, 11) is 1.63. The van der Waals surface area contributed by atoms with E-state index in [9.17, 15) is 9.59 Å². The van der Waals surface area contributed by atoms with Crippen LogP contribution in [0.2, 0.25) is 0 Å². The highest BCUT2D eigenvalue weighted by molar-refractivity contribution is 5.77. The van der Waals surface area contributed by atoms with Crippen molar-refractivity contribution in [1.82, 2.24) is 16.0 Å². The van der Waals surface area contributed by atoms with Gasteiger partial charge in [-0.25, -0.2) is 0 Å². The second-order valence-electron chi connectivity index (χ2n) is 8.32. The van der Waals surface area contributed by atoms with E-state index in [0.29, 0.717) is 25.5 Å². The maximum Gasteiger partial charge on any atom is 0.233 e. The van der Waals surface area contributed by atoms with Crippen LogP contribution in [0.25, 0.3) is 0 Å². The molecule has 0 heterocycles. The molecule has 0 spiro atoms. The summed E-state index contributed by atoms with van der Waals surface area (Å²) in [6.45, 7) is 22.0. The molecule has 0 rings (SSSR count). The molecular weight excluding hydrogens is 366 g/mol. The van der Waals surface area contributed by atoms with Crippen LogP contribution in [0.15, 0.2) is 0 Å². The van der Waals surface area contributed by atoms with E-state index in [1.54, 1.807) is 7.05 Å². The Morgan fingerprint density at radius 1 is 0.931 bits per heavy atom. The van der Waals surface area contributed by atoms with E-state index in [4.69, 9.17) is 4.74 Å². The average Bonchev–Trinajstić information content (AvgIpc) is 2.65. The highest BCUT2D eigenvalue weighted by Crippen LogP contribution is 2.17. The Bertz CT molecular complexity index is 408. The molecule has 0 aromatic carbocycles. The van der Waals surface area contributed by atoms with Crippen molar-refractivity contribution >= 4 is 11.8 Å². The molecule has 0 unspecified atom stereocenters. The molecule has 0 atom stereocenters. The first kappa shape index (κ1) is 32.5. The molecule has 0 bridgehead atoms. The number of carbonyl (C=O) groups is 2. The van der Waals surface area contributed by atoms with E-state index in [2.05, 4.69) is 29.8 Å². The van der Waals surface area contributed by atoms with Gasteiger partial charge in [0.05, 0.1) is 12.1 Å². The summed E-state index contributed by atoms with van der Waals surface area (Å²) in [4.78, 5) is 23.1. The highest BCUT2D eigenvalue weighted by atomic mass is 16.5. The zero-order valence-electron chi connectivity index (χ0n) is 21.3. The fraction of sp³-hybridized carbons (Fsp3) is 0.913. The lowest BCUT2D eigenvalue weighted by molar-refractivity contribution is -0.123. The van der Waals surface area contributed by atoms with Crippen LogP contribution in [0, 0.1) is 5.92 Å². The predicted octanol–water partition coefficient (Wildman–Crippen LogP) is 4.28. The quantitative estimate of drug-likeness (QED) is 0.391. The van der Waals surface area contributed by atoms with Crippen molar-refractivity contribution in [1.29, 1.82) is 0 Å². The van der Waals surface area contributed by atoms with Gasteiger partial charge in [-0.3, -0.25) is 9.59 Å². The topological polar surface area (TPSA) is 79.5 Å². The van der Waals surface area contributed by atoms with Crippen molar-refractivity contribution in [2.24, 2.45) is 5.92 Å². The van der Waals surface area contributed by atoms with Crippen LogP contribution in [0.3, 0.4) is 0 Å². The fourth-order valence-corrected chi connectivity index (χ4v) is 2.26. The zero-order valence-corrected chi connectivity index (χ0v) is 21.3. The predicted molar refractivity (Wildman–Crippen MR) is 125 cm³/mol. The van der Waals surface area contributed by atoms with Crippen LogP contribution in [-0.2, 0) is 14.3 Å². The number of likely N-dealkylation sites (N-methyl/N-ethyl adjacent to an activating group) is 1. The van der Waals surface area contributed by atoms with Crippen LogP contribution in [0.5, 0.6) is 0 Å². The maximum atomic E-state index is 12.0. The molecular formula is C23H51N3O3. The van der Waals surface area contributed by atoms with Gasteiger partial charge in [-0.15, -0.1) is 0 Å². The maximum absolute atomic E-state index is 12.0. The van der Waals surface area contributed by atoms with E-state index >= 15 is 0 Å². The summed E-state index contributed by atoms with van der Waals surface area (Å²) in [6.07, 6.45) is 3.06. The molecule has 0 aliphatic carbocycles. The number of nitrogens with one attached hydrogen (secondary N) is 3. The second kappa shape index (κ2) is 18.9. The van der Waals surface area contributed by atoms with E-state index in [1.807, 2.05) is 55.4 Å². The third-order valence-corrected chi connectivity index (χ3v) is 4.11. The largest absolute Gasteiger partial charge is 0.375 e. The smallest absolute Gasteiger partial charge is 0.233 e. The zero-order chi connectivity index (χ0) is 23.5. The van der Waals surface area contributed by atoms with Crippen molar-refractivity contribution in [2.75, 3.05) is 26.7 Å². The first-order valence-electron chi connectivity index (χ1n) is 11.3. The lowest BCUT2D eigenvalue weighted by Crippen LogP contribution is -2.45. The van der Waals surface area contributed by atoms with E-state index in [-0.39, 0.29) is 23.0 Å². The van der Waals surface area contributed by atoms with Gasteiger partial charge in [0, 0.05) is 25.6 Å². The van der Waals surface area contributed by atoms with E-state index in [0.717, 1.165) is 25.8 Å². The Kier molecular flexibility index (Phi) is 21.2. The van der Waals surface area contributed by atoms with Gasteiger partial charge >= 0.3 is 0 Å². The van der Waals surface area contributed by atoms with E-state index < -0.39 is 0 Å². The monoisotopic (exact) mass is 417 g/mol. The molecule has 0 saturated heterocycles. The average molecular weight is 418 g/mol. The van der Waals surface area contributed by atoms with Gasteiger partial charge in [-0.2, -0.15) is 0 Å². The van der Waals surface area contributed by atoms with Crippen molar-refractivity contribution in [3.05, 3.63) is 0 Å². The second-order valence-corrected chi connectivity index (χ2v) is 8.32. The molecule has 0 aromatic rings. The standard InChI is InChI=1S/C19H39N3O3.2C2H6/c1-15(2)8-9-16(23)22-18(3,4)11-13-25-19(5,6)10-12-21-14-17(24)20-7;2*1-2/h15,21H,8-14H2,1-7H3,(H,20,24)(H,22,23);2*1-2H3. The summed E-state index contributed by atoms with van der Waals surface area (Å²) in [5.74, 6) is 0.625. The van der Waals surface area contributed by atoms with Crippen LogP contribution < -0.4 is 16.0 Å². The van der Waals surface area contributed by atoms with Gasteiger partial charge in [0.2, 0.25) is 11.8 Å². The molecule has 6 nitrogen and oxygen atoms in total. The number of amides is 2. The molecule has 6 heteroatoms. The minimum absolute atomic E-state index is 0.0197. The molecule has 2 amide bonds. The Labute approximate surface area is 181 Å². The van der Waals surface area contributed by atoms with Gasteiger partial charge < -0.3 is 20.7 Å². The molecule has 29 heavy (non-hydrogen) atoms. The molecule has 0 aliphatic heterocycles. The minimum atomic E-state index is -0.276. The number of hydrogen-bond donors (Lipinski definition) is 3. The highest BCUT2D eigenvalue weighted by Gasteiger charge is 2.23. The van der Waals surface area contributed by atoms with Crippen LogP contribution in [-0.4, -0.2) is 49.7 Å². The van der Waals surface area contributed by atoms with Crippen molar-refractivity contribution in [3.8, 4) is 0 Å². The van der Waals surface area contributed by atoms with E-state index in [1.165, 1.54) is 0 Å². The number of carbonyl (C=O) groups excluding carboxylic acids is 2. The molecule has 176 valence electrons. The van der Waals surface area contributed by atoms with Crippen molar-refractivity contribution in [2.45, 2.75) is 106 Å². The van der Waals surface area contributed by atoms with Gasteiger partial charge in [-0.05, 0) is 59.4 Å². The first-order chi connectivity index (χ1) is 13.5. The van der Waals surface area contributed by atoms with Crippen LogP contribution in [0.1, 0.15) is 94.9 Å². The first-order valence-corrected chi connectivity index (χ1v) is 11.3. The third-order valence-electron chi connectivity index (χ3n) is 4.11. The summed E-state index contributed by atoms with van der Waals surface area (Å²) in [5.41, 5.74) is -0.547. The lowest BCUT2D eigenvalue weighted by Gasteiger charge is -2.30. The molecule has 0 radical (unpaired) electrons. The Balaban J connectivity index is -0.00000158. The molecule has 0 saturated carbocycles. The summed E-state index contributed by atoms with van der Waals surface area (Å²) < 4.78 is 5.99. The van der Waals surface area contributed by atoms with Crippen LogP contribution >= 0.6 is 0 Å². The fourth-order valence-electron chi connectivity index (χ4n) is 2.26. The molecule has 0 aromatic heterocycles. The number of rotatable bonds is 13. The van der Waals surface area contributed by atoms with Gasteiger partial charge in [-0.1, -0.05) is 41.5 Å². The Morgan fingerprint density at radius 2 is 1.48 bits per heavy atom. The number of hydrogen-bond acceptors (Lipinski definition) is 4. The molecule has 3 N–H and O–H groups in total. The SMILES string of the molecule is CC.CC.CNC(=O)CNCCC(C)(C)OCCC(C)(C)NC(=O)CCC(C)C.